The van der Waals surface area contributed by atoms with Crippen LogP contribution in [-0.2, 0) is 15.1 Å². The number of hydrogen-bond donors (Lipinski definition) is 3. The van der Waals surface area contributed by atoms with Gasteiger partial charge in [-0.2, -0.15) is 8.42 Å². The fraction of sp³-hybridized carbons (Fsp3) is 0.562. The molecule has 24 heavy (non-hydrogen) atoms. The molecule has 1 amide bonds. The summed E-state index contributed by atoms with van der Waals surface area (Å²) >= 11 is 0. The number of amides is 1. The second-order valence-corrected chi connectivity index (χ2v) is 6.84. The first-order valence-corrected chi connectivity index (χ1v) is 9.62. The minimum Gasteiger partial charge on any atom is -0.371 e. The van der Waals surface area contributed by atoms with Crippen LogP contribution in [-0.4, -0.2) is 32.0 Å². The van der Waals surface area contributed by atoms with Crippen molar-refractivity contribution in [2.45, 2.75) is 46.5 Å². The lowest BCUT2D eigenvalue weighted by Crippen LogP contribution is -2.26. The molecule has 0 fully saturated rings. The lowest BCUT2D eigenvalue weighted by Gasteiger charge is -2.26. The van der Waals surface area contributed by atoms with E-state index in [1.165, 1.54) is 6.92 Å². The molecule has 1 rings (SSSR count). The summed E-state index contributed by atoms with van der Waals surface area (Å²) in [5.41, 5.74) is 1.35. The lowest BCUT2D eigenvalue weighted by atomic mass is 10.2. The van der Waals surface area contributed by atoms with Crippen LogP contribution >= 0.6 is 0 Å². The first kappa shape index (κ1) is 20.2. The summed E-state index contributed by atoms with van der Waals surface area (Å²) in [7, 11) is -4.41. The van der Waals surface area contributed by atoms with Gasteiger partial charge in [-0.25, -0.2) is 0 Å². The number of nitrogens with one attached hydrogen (secondary N) is 2. The maximum atomic E-state index is 11.4. The zero-order valence-electron chi connectivity index (χ0n) is 14.5. The van der Waals surface area contributed by atoms with E-state index in [4.69, 9.17) is 4.55 Å². The first-order valence-electron chi connectivity index (χ1n) is 8.18. The van der Waals surface area contributed by atoms with E-state index in [0.717, 1.165) is 44.5 Å². The van der Waals surface area contributed by atoms with E-state index in [2.05, 4.69) is 24.1 Å². The van der Waals surface area contributed by atoms with Crippen LogP contribution in [0.25, 0.3) is 0 Å². The van der Waals surface area contributed by atoms with Gasteiger partial charge in [-0.15, -0.1) is 0 Å². The van der Waals surface area contributed by atoms with Crippen molar-refractivity contribution in [1.82, 2.24) is 0 Å². The van der Waals surface area contributed by atoms with E-state index >= 15 is 0 Å². The van der Waals surface area contributed by atoms with Crippen LogP contribution in [0.2, 0.25) is 0 Å². The molecule has 0 spiro atoms. The highest BCUT2D eigenvalue weighted by Gasteiger charge is 2.13. The lowest BCUT2D eigenvalue weighted by molar-refractivity contribution is -0.114. The quantitative estimate of drug-likeness (QED) is 0.558. The van der Waals surface area contributed by atoms with Crippen molar-refractivity contribution in [2.75, 3.05) is 28.0 Å². The molecule has 0 radical (unpaired) electrons. The van der Waals surface area contributed by atoms with Gasteiger partial charge < -0.3 is 10.2 Å². The number of unbranched alkanes of at least 4 members (excludes halogenated alkanes) is 2. The first-order chi connectivity index (χ1) is 11.3. The van der Waals surface area contributed by atoms with Crippen molar-refractivity contribution in [2.24, 2.45) is 0 Å². The number of anilines is 3. The van der Waals surface area contributed by atoms with Crippen molar-refractivity contribution in [1.29, 1.82) is 0 Å². The van der Waals surface area contributed by atoms with Gasteiger partial charge in [0.1, 0.15) is 0 Å². The standard InChI is InChI=1S/C16H27N3O4S/c1-4-6-10-19(11-7-5-2)14-8-9-15(18-24(21,22)23)16(12-14)17-13(3)20/h8-9,12,18H,4-7,10-11H2,1-3H3,(H,17,20)(H,21,22,23). The van der Waals surface area contributed by atoms with Crippen LogP contribution in [0.3, 0.4) is 0 Å². The molecule has 0 aliphatic rings. The molecule has 0 aliphatic carbocycles. The molecule has 0 aliphatic heterocycles. The monoisotopic (exact) mass is 357 g/mol. The molecule has 7 nitrogen and oxygen atoms in total. The Balaban J connectivity index is 3.15. The van der Waals surface area contributed by atoms with Gasteiger partial charge in [0, 0.05) is 25.7 Å². The summed E-state index contributed by atoms with van der Waals surface area (Å²) in [6.45, 7) is 7.37. The zero-order chi connectivity index (χ0) is 18.2. The van der Waals surface area contributed by atoms with Crippen LogP contribution in [0.5, 0.6) is 0 Å². The molecule has 0 saturated heterocycles. The van der Waals surface area contributed by atoms with Gasteiger partial charge in [0.25, 0.3) is 0 Å². The van der Waals surface area contributed by atoms with Crippen molar-refractivity contribution in [3.8, 4) is 0 Å². The average Bonchev–Trinajstić information content (AvgIpc) is 2.47. The molecule has 0 saturated carbocycles. The van der Waals surface area contributed by atoms with E-state index in [1.807, 2.05) is 4.72 Å². The van der Waals surface area contributed by atoms with Crippen LogP contribution in [0, 0.1) is 0 Å². The molecule has 3 N–H and O–H groups in total. The van der Waals surface area contributed by atoms with E-state index in [1.54, 1.807) is 18.2 Å². The third kappa shape index (κ3) is 7.18. The Morgan fingerprint density at radius 1 is 1.12 bits per heavy atom. The normalized spacial score (nSPS) is 11.2. The Bertz CT molecular complexity index is 639. The third-order valence-electron chi connectivity index (χ3n) is 3.48. The second-order valence-electron chi connectivity index (χ2n) is 5.68. The summed E-state index contributed by atoms with van der Waals surface area (Å²) < 4.78 is 33.1. The van der Waals surface area contributed by atoms with E-state index in [-0.39, 0.29) is 11.6 Å². The van der Waals surface area contributed by atoms with Gasteiger partial charge in [-0.05, 0) is 31.0 Å². The Hall–Kier alpha value is -1.80. The molecule has 0 atom stereocenters. The minimum absolute atomic E-state index is 0.127. The summed E-state index contributed by atoms with van der Waals surface area (Å²) in [6.07, 6.45) is 4.24. The second kappa shape index (κ2) is 9.48. The molecule has 1 aromatic rings. The number of rotatable bonds is 10. The molecule has 0 heterocycles. The molecule has 0 unspecified atom stereocenters. The fourth-order valence-electron chi connectivity index (χ4n) is 2.32. The summed E-state index contributed by atoms with van der Waals surface area (Å²) in [5, 5.41) is 2.60. The van der Waals surface area contributed by atoms with Crippen molar-refractivity contribution >= 4 is 33.3 Å². The molecule has 8 heteroatoms. The Morgan fingerprint density at radius 2 is 1.71 bits per heavy atom. The predicted molar refractivity (Wildman–Crippen MR) is 97.9 cm³/mol. The van der Waals surface area contributed by atoms with Crippen LogP contribution < -0.4 is 14.9 Å². The zero-order valence-corrected chi connectivity index (χ0v) is 15.3. The number of nitrogens with zero attached hydrogens (tertiary/aromatic N) is 1. The molecular formula is C16H27N3O4S. The Labute approximate surface area is 144 Å². The van der Waals surface area contributed by atoms with Crippen LogP contribution in [0.1, 0.15) is 46.5 Å². The molecule has 0 bridgehead atoms. The highest BCUT2D eigenvalue weighted by Crippen LogP contribution is 2.29. The average molecular weight is 357 g/mol. The van der Waals surface area contributed by atoms with Gasteiger partial charge in [-0.1, -0.05) is 26.7 Å². The Kier molecular flexibility index (Phi) is 8.00. The number of carbonyl (C=O) groups is 1. The molecule has 136 valence electrons. The van der Waals surface area contributed by atoms with E-state index < -0.39 is 10.3 Å². The highest BCUT2D eigenvalue weighted by molar-refractivity contribution is 7.87. The van der Waals surface area contributed by atoms with E-state index in [0.29, 0.717) is 5.69 Å². The van der Waals surface area contributed by atoms with E-state index in [9.17, 15) is 13.2 Å². The van der Waals surface area contributed by atoms with Crippen molar-refractivity contribution in [3.63, 3.8) is 0 Å². The third-order valence-corrected chi connectivity index (χ3v) is 3.96. The molecule has 1 aromatic carbocycles. The minimum atomic E-state index is -4.41. The number of benzene rings is 1. The van der Waals surface area contributed by atoms with Crippen LogP contribution in [0.15, 0.2) is 18.2 Å². The SMILES string of the molecule is CCCCN(CCCC)c1ccc(NS(=O)(=O)O)c(NC(C)=O)c1. The number of hydrogen-bond acceptors (Lipinski definition) is 4. The fourth-order valence-corrected chi connectivity index (χ4v) is 2.77. The smallest absolute Gasteiger partial charge is 0.357 e. The topological polar surface area (TPSA) is 98.7 Å². The summed E-state index contributed by atoms with van der Waals surface area (Å²) in [4.78, 5) is 13.6. The predicted octanol–water partition coefficient (Wildman–Crippen LogP) is 3.27. The van der Waals surface area contributed by atoms with Crippen molar-refractivity contribution in [3.05, 3.63) is 18.2 Å². The van der Waals surface area contributed by atoms with Gasteiger partial charge in [-0.3, -0.25) is 14.1 Å². The van der Waals surface area contributed by atoms with Gasteiger partial charge in [0.05, 0.1) is 11.4 Å². The maximum Gasteiger partial charge on any atom is 0.357 e. The van der Waals surface area contributed by atoms with Gasteiger partial charge in [0.15, 0.2) is 0 Å². The highest BCUT2D eigenvalue weighted by atomic mass is 32.2. The molecule has 0 aromatic heterocycles. The summed E-state index contributed by atoms with van der Waals surface area (Å²) in [5.74, 6) is -0.320. The molecular weight excluding hydrogens is 330 g/mol. The Morgan fingerprint density at radius 3 is 2.17 bits per heavy atom. The van der Waals surface area contributed by atoms with Gasteiger partial charge >= 0.3 is 10.3 Å². The maximum absolute atomic E-state index is 11.4. The van der Waals surface area contributed by atoms with Crippen LogP contribution in [0.4, 0.5) is 17.1 Å². The summed E-state index contributed by atoms with van der Waals surface area (Å²) in [6, 6.07) is 5.05. The van der Waals surface area contributed by atoms with Crippen molar-refractivity contribution < 1.29 is 17.8 Å². The largest absolute Gasteiger partial charge is 0.371 e. The van der Waals surface area contributed by atoms with Gasteiger partial charge in [0.2, 0.25) is 5.91 Å². The number of carbonyl (C=O) groups excluding carboxylic acids is 1.